The van der Waals surface area contributed by atoms with Crippen LogP contribution in [0.25, 0.3) is 0 Å². The van der Waals surface area contributed by atoms with Gasteiger partial charge in [-0.1, -0.05) is 43.0 Å². The molecule has 0 atom stereocenters. The summed E-state index contributed by atoms with van der Waals surface area (Å²) in [6.45, 7) is 2.80. The van der Waals surface area contributed by atoms with Gasteiger partial charge in [-0.15, -0.1) is 0 Å². The summed E-state index contributed by atoms with van der Waals surface area (Å²) >= 11 is 5.85. The summed E-state index contributed by atoms with van der Waals surface area (Å²) in [4.78, 5) is 0. The molecule has 19 heavy (non-hydrogen) atoms. The molecule has 0 unspecified atom stereocenters. The molecule has 2 rings (SSSR count). The van der Waals surface area contributed by atoms with Crippen molar-refractivity contribution in [1.29, 1.82) is 0 Å². The number of ether oxygens (including phenoxy) is 1. The lowest BCUT2D eigenvalue weighted by molar-refractivity contribution is 0.0273. The predicted molar refractivity (Wildman–Crippen MR) is 80.6 cm³/mol. The highest BCUT2D eigenvalue weighted by molar-refractivity contribution is 6.30. The van der Waals surface area contributed by atoms with Crippen LogP contribution in [0.4, 0.5) is 0 Å². The quantitative estimate of drug-likeness (QED) is 0.758. The van der Waals surface area contributed by atoms with E-state index in [0.29, 0.717) is 6.10 Å². The lowest BCUT2D eigenvalue weighted by Crippen LogP contribution is -2.20. The molecular formula is C16H24ClNO. The molecule has 1 aromatic carbocycles. The SMILES string of the molecule is Clc1ccc(CNCCCOC2CCCCC2)cc1. The molecule has 2 nitrogen and oxygen atoms in total. The van der Waals surface area contributed by atoms with Crippen molar-refractivity contribution in [3.8, 4) is 0 Å². The fraction of sp³-hybridized carbons (Fsp3) is 0.625. The molecule has 0 aliphatic heterocycles. The van der Waals surface area contributed by atoms with Crippen LogP contribution in [0.2, 0.25) is 5.02 Å². The van der Waals surface area contributed by atoms with Gasteiger partial charge in [0.1, 0.15) is 0 Å². The summed E-state index contributed by atoms with van der Waals surface area (Å²) in [5, 5.41) is 4.23. The van der Waals surface area contributed by atoms with E-state index in [0.717, 1.165) is 31.1 Å². The minimum atomic E-state index is 0.532. The largest absolute Gasteiger partial charge is 0.378 e. The Balaban J connectivity index is 1.49. The second kappa shape index (κ2) is 8.57. The van der Waals surface area contributed by atoms with Crippen LogP contribution < -0.4 is 5.32 Å². The van der Waals surface area contributed by atoms with Gasteiger partial charge < -0.3 is 10.1 Å². The van der Waals surface area contributed by atoms with Crippen LogP contribution in [0.15, 0.2) is 24.3 Å². The molecule has 1 fully saturated rings. The summed E-state index contributed by atoms with van der Waals surface area (Å²) in [7, 11) is 0. The zero-order valence-electron chi connectivity index (χ0n) is 11.5. The molecule has 0 amide bonds. The topological polar surface area (TPSA) is 21.3 Å². The Kier molecular flexibility index (Phi) is 6.69. The van der Waals surface area contributed by atoms with Gasteiger partial charge in [0.25, 0.3) is 0 Å². The van der Waals surface area contributed by atoms with E-state index in [1.807, 2.05) is 12.1 Å². The minimum absolute atomic E-state index is 0.532. The molecule has 3 heteroatoms. The lowest BCUT2D eigenvalue weighted by atomic mass is 9.98. The Morgan fingerprint density at radius 3 is 2.58 bits per heavy atom. The molecule has 1 saturated carbocycles. The zero-order chi connectivity index (χ0) is 13.3. The second-order valence-corrected chi connectivity index (χ2v) is 5.72. The van der Waals surface area contributed by atoms with E-state index in [1.165, 1.54) is 37.7 Å². The molecule has 0 heterocycles. The van der Waals surface area contributed by atoms with E-state index >= 15 is 0 Å². The molecule has 1 N–H and O–H groups in total. The molecule has 0 aromatic heterocycles. The van der Waals surface area contributed by atoms with Crippen molar-refractivity contribution in [2.45, 2.75) is 51.2 Å². The van der Waals surface area contributed by atoms with Gasteiger partial charge >= 0.3 is 0 Å². The smallest absolute Gasteiger partial charge is 0.0575 e. The molecule has 0 spiro atoms. The van der Waals surface area contributed by atoms with Crippen molar-refractivity contribution in [2.75, 3.05) is 13.2 Å². The van der Waals surface area contributed by atoms with Gasteiger partial charge in [0.05, 0.1) is 6.10 Å². The fourth-order valence-electron chi connectivity index (χ4n) is 2.51. The first-order chi connectivity index (χ1) is 9.34. The number of halogens is 1. The highest BCUT2D eigenvalue weighted by Gasteiger charge is 2.12. The normalized spacial score (nSPS) is 16.7. The average Bonchev–Trinajstić information content (AvgIpc) is 2.46. The van der Waals surface area contributed by atoms with Crippen molar-refractivity contribution in [3.05, 3.63) is 34.9 Å². The number of hydrogen-bond acceptors (Lipinski definition) is 2. The zero-order valence-corrected chi connectivity index (χ0v) is 12.3. The van der Waals surface area contributed by atoms with Crippen molar-refractivity contribution >= 4 is 11.6 Å². The molecule has 0 bridgehead atoms. The highest BCUT2D eigenvalue weighted by atomic mass is 35.5. The summed E-state index contributed by atoms with van der Waals surface area (Å²) in [5.74, 6) is 0. The maximum absolute atomic E-state index is 5.89. The van der Waals surface area contributed by atoms with Gasteiger partial charge in [-0.25, -0.2) is 0 Å². The third kappa shape index (κ3) is 5.94. The minimum Gasteiger partial charge on any atom is -0.378 e. The van der Waals surface area contributed by atoms with Crippen molar-refractivity contribution in [3.63, 3.8) is 0 Å². The maximum Gasteiger partial charge on any atom is 0.0575 e. The highest BCUT2D eigenvalue weighted by Crippen LogP contribution is 2.20. The van der Waals surface area contributed by atoms with E-state index in [2.05, 4.69) is 17.4 Å². The van der Waals surface area contributed by atoms with Crippen LogP contribution in [0.1, 0.15) is 44.1 Å². The molecule has 0 radical (unpaired) electrons. The van der Waals surface area contributed by atoms with E-state index in [4.69, 9.17) is 16.3 Å². The summed E-state index contributed by atoms with van der Waals surface area (Å²) in [5.41, 5.74) is 1.28. The summed E-state index contributed by atoms with van der Waals surface area (Å²) in [6.07, 6.45) is 8.23. The average molecular weight is 282 g/mol. The van der Waals surface area contributed by atoms with Gasteiger partial charge in [0, 0.05) is 18.2 Å². The molecular weight excluding hydrogens is 258 g/mol. The lowest BCUT2D eigenvalue weighted by Gasteiger charge is -2.21. The summed E-state index contributed by atoms with van der Waals surface area (Å²) < 4.78 is 5.89. The first kappa shape index (κ1) is 14.8. The molecule has 1 aliphatic carbocycles. The van der Waals surface area contributed by atoms with E-state index in [9.17, 15) is 0 Å². The fourth-order valence-corrected chi connectivity index (χ4v) is 2.64. The second-order valence-electron chi connectivity index (χ2n) is 5.29. The summed E-state index contributed by atoms with van der Waals surface area (Å²) in [6, 6.07) is 8.00. The van der Waals surface area contributed by atoms with E-state index < -0.39 is 0 Å². The standard InChI is InChI=1S/C16H24ClNO/c17-15-9-7-14(8-10-15)13-18-11-4-12-19-16-5-2-1-3-6-16/h7-10,16,18H,1-6,11-13H2. The molecule has 0 saturated heterocycles. The monoisotopic (exact) mass is 281 g/mol. The van der Waals surface area contributed by atoms with Crippen LogP contribution in [-0.2, 0) is 11.3 Å². The number of nitrogens with one attached hydrogen (secondary N) is 1. The Bertz CT molecular complexity index is 346. The first-order valence-corrected chi connectivity index (χ1v) is 7.79. The van der Waals surface area contributed by atoms with E-state index in [-0.39, 0.29) is 0 Å². The number of hydrogen-bond donors (Lipinski definition) is 1. The van der Waals surface area contributed by atoms with Crippen LogP contribution in [0.3, 0.4) is 0 Å². The third-order valence-electron chi connectivity index (χ3n) is 3.65. The Morgan fingerprint density at radius 2 is 1.84 bits per heavy atom. The maximum atomic E-state index is 5.89. The Hall–Kier alpha value is -0.570. The molecule has 1 aliphatic rings. The Labute approximate surface area is 121 Å². The van der Waals surface area contributed by atoms with Gasteiger partial charge in [0.2, 0.25) is 0 Å². The van der Waals surface area contributed by atoms with Gasteiger partial charge in [-0.05, 0) is 43.5 Å². The third-order valence-corrected chi connectivity index (χ3v) is 3.90. The van der Waals surface area contributed by atoms with E-state index in [1.54, 1.807) is 0 Å². The number of benzene rings is 1. The van der Waals surface area contributed by atoms with Gasteiger partial charge in [-0.3, -0.25) is 0 Å². The van der Waals surface area contributed by atoms with Crippen LogP contribution in [0.5, 0.6) is 0 Å². The van der Waals surface area contributed by atoms with Crippen molar-refractivity contribution in [1.82, 2.24) is 5.32 Å². The van der Waals surface area contributed by atoms with Crippen molar-refractivity contribution < 1.29 is 4.74 Å². The van der Waals surface area contributed by atoms with Crippen LogP contribution >= 0.6 is 11.6 Å². The van der Waals surface area contributed by atoms with Gasteiger partial charge in [0.15, 0.2) is 0 Å². The van der Waals surface area contributed by atoms with Crippen LogP contribution in [-0.4, -0.2) is 19.3 Å². The molecule has 1 aromatic rings. The predicted octanol–water partition coefficient (Wildman–Crippen LogP) is 4.17. The van der Waals surface area contributed by atoms with Crippen molar-refractivity contribution in [2.24, 2.45) is 0 Å². The molecule has 106 valence electrons. The Morgan fingerprint density at radius 1 is 1.11 bits per heavy atom. The van der Waals surface area contributed by atoms with Crippen LogP contribution in [0, 0.1) is 0 Å². The number of rotatable bonds is 7. The first-order valence-electron chi connectivity index (χ1n) is 7.41. The van der Waals surface area contributed by atoms with Gasteiger partial charge in [-0.2, -0.15) is 0 Å².